The van der Waals surface area contributed by atoms with Gasteiger partial charge in [-0.25, -0.2) is 19.2 Å². The second kappa shape index (κ2) is 11.3. The Morgan fingerprint density at radius 2 is 1.95 bits per heavy atom. The highest BCUT2D eigenvalue weighted by atomic mass is 32.1. The van der Waals surface area contributed by atoms with E-state index in [9.17, 15) is 9.18 Å². The molecule has 0 atom stereocenters. The van der Waals surface area contributed by atoms with Crippen LogP contribution in [0.5, 0.6) is 11.5 Å². The number of nitrogens with zero attached hydrogens (tertiary/aromatic N) is 3. The minimum atomic E-state index is -0.619. The zero-order valence-corrected chi connectivity index (χ0v) is 23.2. The highest BCUT2D eigenvalue weighted by Gasteiger charge is 2.20. The quantitative estimate of drug-likeness (QED) is 0.250. The largest absolute Gasteiger partial charge is 0.496 e. The van der Waals surface area contributed by atoms with Gasteiger partial charge in [0.1, 0.15) is 34.3 Å². The van der Waals surface area contributed by atoms with Crippen molar-refractivity contribution in [2.24, 2.45) is 0 Å². The Labute approximate surface area is 225 Å². The van der Waals surface area contributed by atoms with E-state index in [1.165, 1.54) is 23.7 Å². The first-order chi connectivity index (χ1) is 18.1. The van der Waals surface area contributed by atoms with Crippen LogP contribution in [0.4, 0.5) is 20.0 Å². The van der Waals surface area contributed by atoms with Crippen molar-refractivity contribution < 1.29 is 23.4 Å². The zero-order chi connectivity index (χ0) is 27.4. The number of carbonyl (C=O) groups is 1. The van der Waals surface area contributed by atoms with E-state index in [4.69, 9.17) is 14.2 Å². The molecule has 11 heteroatoms. The number of ether oxygens (including phenoxy) is 3. The lowest BCUT2D eigenvalue weighted by molar-refractivity contribution is 0.0636. The summed E-state index contributed by atoms with van der Waals surface area (Å²) in [6.45, 7) is 10.7. The van der Waals surface area contributed by atoms with Gasteiger partial charge in [-0.15, -0.1) is 11.3 Å². The SMILES string of the molecule is CCOc1cc(-c2cc(NCCn3c(C)cc4c(OC)ccc(F)c43)ncn2)sc1NC(=O)OC(C)(C)C. The van der Waals surface area contributed by atoms with Crippen molar-refractivity contribution in [1.82, 2.24) is 14.5 Å². The van der Waals surface area contributed by atoms with Crippen LogP contribution in [0, 0.1) is 12.7 Å². The number of rotatable bonds is 9. The van der Waals surface area contributed by atoms with Crippen LogP contribution in [0.2, 0.25) is 0 Å². The standard InChI is InChI=1S/C27H32FN5O4S/c1-7-36-21-14-22(38-25(21)32-26(34)37-27(3,4)5)19-13-23(31-15-30-19)29-10-11-33-16(2)12-17-20(35-6)9-8-18(28)24(17)33/h8-9,12-15H,7,10-11H2,1-6H3,(H,32,34)(H,29,30,31). The molecule has 0 bridgehead atoms. The molecule has 2 N–H and O–H groups in total. The van der Waals surface area contributed by atoms with Crippen molar-refractivity contribution in [3.05, 3.63) is 48.2 Å². The van der Waals surface area contributed by atoms with E-state index in [1.54, 1.807) is 33.9 Å². The molecule has 0 saturated heterocycles. The monoisotopic (exact) mass is 541 g/mol. The van der Waals surface area contributed by atoms with Crippen molar-refractivity contribution in [2.75, 3.05) is 30.9 Å². The number of benzene rings is 1. The molecule has 4 aromatic rings. The molecular formula is C27H32FN5O4S. The summed E-state index contributed by atoms with van der Waals surface area (Å²) < 4.78 is 33.1. The summed E-state index contributed by atoms with van der Waals surface area (Å²) in [6.07, 6.45) is 0.915. The van der Waals surface area contributed by atoms with Crippen molar-refractivity contribution in [3.8, 4) is 22.1 Å². The molecule has 0 aliphatic rings. The number of hydrogen-bond acceptors (Lipinski definition) is 8. The molecule has 202 valence electrons. The van der Waals surface area contributed by atoms with E-state index < -0.39 is 11.7 Å². The summed E-state index contributed by atoms with van der Waals surface area (Å²) in [5, 5.41) is 7.35. The van der Waals surface area contributed by atoms with Crippen LogP contribution < -0.4 is 20.1 Å². The maximum Gasteiger partial charge on any atom is 0.412 e. The average Bonchev–Trinajstić information content (AvgIpc) is 3.40. The lowest BCUT2D eigenvalue weighted by Gasteiger charge is -2.19. The van der Waals surface area contributed by atoms with Crippen LogP contribution in [0.1, 0.15) is 33.4 Å². The summed E-state index contributed by atoms with van der Waals surface area (Å²) >= 11 is 1.33. The van der Waals surface area contributed by atoms with Gasteiger partial charge < -0.3 is 24.1 Å². The van der Waals surface area contributed by atoms with E-state index >= 15 is 0 Å². The van der Waals surface area contributed by atoms with Gasteiger partial charge >= 0.3 is 6.09 Å². The van der Waals surface area contributed by atoms with Gasteiger partial charge in [0.25, 0.3) is 0 Å². The van der Waals surface area contributed by atoms with Crippen molar-refractivity contribution in [1.29, 1.82) is 0 Å². The Hall–Kier alpha value is -3.86. The molecule has 38 heavy (non-hydrogen) atoms. The first kappa shape index (κ1) is 27.2. The third-order valence-electron chi connectivity index (χ3n) is 5.57. The minimum Gasteiger partial charge on any atom is -0.496 e. The number of methoxy groups -OCH3 is 1. The molecule has 0 aliphatic heterocycles. The van der Waals surface area contributed by atoms with Gasteiger partial charge in [0.15, 0.2) is 5.75 Å². The van der Waals surface area contributed by atoms with E-state index in [0.29, 0.717) is 53.2 Å². The molecular weight excluding hydrogens is 509 g/mol. The Morgan fingerprint density at radius 1 is 1.16 bits per heavy atom. The number of carbonyl (C=O) groups excluding carboxylic acids is 1. The topological polar surface area (TPSA) is 99.5 Å². The van der Waals surface area contributed by atoms with Gasteiger partial charge in [0, 0.05) is 36.3 Å². The van der Waals surface area contributed by atoms with Gasteiger partial charge in [0.05, 0.1) is 29.8 Å². The second-order valence-electron chi connectivity index (χ2n) is 9.53. The summed E-state index contributed by atoms with van der Waals surface area (Å²) in [6, 6.07) is 8.64. The Bertz CT molecular complexity index is 1440. The molecule has 1 aromatic carbocycles. The molecule has 0 unspecified atom stereocenters. The number of fused-ring (bicyclic) bond motifs is 1. The predicted molar refractivity (Wildman–Crippen MR) is 148 cm³/mol. The summed E-state index contributed by atoms with van der Waals surface area (Å²) in [5.74, 6) is 1.51. The molecule has 9 nitrogen and oxygen atoms in total. The highest BCUT2D eigenvalue weighted by molar-refractivity contribution is 7.20. The molecule has 0 saturated carbocycles. The summed E-state index contributed by atoms with van der Waals surface area (Å²) in [7, 11) is 1.58. The number of hydrogen-bond donors (Lipinski definition) is 2. The summed E-state index contributed by atoms with van der Waals surface area (Å²) in [4.78, 5) is 21.8. The average molecular weight is 542 g/mol. The Morgan fingerprint density at radius 3 is 2.66 bits per heavy atom. The maximum atomic E-state index is 14.7. The number of anilines is 2. The molecule has 0 fully saturated rings. The molecule has 0 radical (unpaired) electrons. The van der Waals surface area contributed by atoms with Crippen molar-refractivity contribution >= 4 is 39.2 Å². The van der Waals surface area contributed by atoms with Crippen molar-refractivity contribution in [2.45, 2.75) is 46.8 Å². The van der Waals surface area contributed by atoms with Crippen molar-refractivity contribution in [3.63, 3.8) is 0 Å². The minimum absolute atomic E-state index is 0.295. The molecule has 3 heterocycles. The first-order valence-electron chi connectivity index (χ1n) is 12.2. The fraction of sp³-hybridized carbons (Fsp3) is 0.370. The summed E-state index contributed by atoms with van der Waals surface area (Å²) in [5.41, 5.74) is 1.50. The van der Waals surface area contributed by atoms with Crippen LogP contribution in [0.15, 0.2) is 36.7 Å². The number of aryl methyl sites for hydroxylation is 1. The van der Waals surface area contributed by atoms with Crippen LogP contribution in [0.25, 0.3) is 21.5 Å². The van der Waals surface area contributed by atoms with Crippen LogP contribution >= 0.6 is 11.3 Å². The van der Waals surface area contributed by atoms with Crippen LogP contribution in [0.3, 0.4) is 0 Å². The van der Waals surface area contributed by atoms with Crippen LogP contribution in [-0.4, -0.2) is 46.5 Å². The normalized spacial score (nSPS) is 11.4. The number of halogens is 1. The molecule has 1 amide bonds. The fourth-order valence-electron chi connectivity index (χ4n) is 4.04. The molecule has 0 aliphatic carbocycles. The van der Waals surface area contributed by atoms with Gasteiger partial charge in [-0.1, -0.05) is 0 Å². The Balaban J connectivity index is 1.49. The van der Waals surface area contributed by atoms with Gasteiger partial charge in [-0.05, 0) is 52.8 Å². The first-order valence-corrected chi connectivity index (χ1v) is 13.1. The third kappa shape index (κ3) is 6.16. The van der Waals surface area contributed by atoms with E-state index in [-0.39, 0.29) is 5.82 Å². The van der Waals surface area contributed by atoms with E-state index in [1.807, 2.05) is 36.6 Å². The smallest absolute Gasteiger partial charge is 0.412 e. The number of amides is 1. The molecule has 3 aromatic heterocycles. The Kier molecular flexibility index (Phi) is 8.05. The lowest BCUT2D eigenvalue weighted by Crippen LogP contribution is -2.27. The molecule has 4 rings (SSSR count). The van der Waals surface area contributed by atoms with Gasteiger partial charge in [-0.2, -0.15) is 0 Å². The highest BCUT2D eigenvalue weighted by Crippen LogP contribution is 2.40. The van der Waals surface area contributed by atoms with Gasteiger partial charge in [-0.3, -0.25) is 5.32 Å². The molecule has 0 spiro atoms. The number of thiophene rings is 1. The van der Waals surface area contributed by atoms with Gasteiger partial charge in [0.2, 0.25) is 0 Å². The van der Waals surface area contributed by atoms with Crippen LogP contribution in [-0.2, 0) is 11.3 Å². The number of nitrogens with one attached hydrogen (secondary N) is 2. The number of aromatic nitrogens is 3. The van der Waals surface area contributed by atoms with E-state index in [0.717, 1.165) is 16.0 Å². The predicted octanol–water partition coefficient (Wildman–Crippen LogP) is 6.47. The third-order valence-corrected chi connectivity index (χ3v) is 6.62. The lowest BCUT2D eigenvalue weighted by atomic mass is 10.2. The van der Waals surface area contributed by atoms with E-state index in [2.05, 4.69) is 20.6 Å². The maximum absolute atomic E-state index is 14.7. The zero-order valence-electron chi connectivity index (χ0n) is 22.3. The fourth-order valence-corrected chi connectivity index (χ4v) is 4.99. The second-order valence-corrected chi connectivity index (χ2v) is 10.6.